The normalized spacial score (nSPS) is 12.2. The van der Waals surface area contributed by atoms with Crippen molar-refractivity contribution < 1.29 is 18.8 Å². The van der Waals surface area contributed by atoms with Crippen LogP contribution in [0.25, 0.3) is 0 Å². The molecule has 2 aromatic rings. The number of nitrogens with zero attached hydrogens (tertiary/aromatic N) is 2. The van der Waals surface area contributed by atoms with E-state index in [0.717, 1.165) is 6.29 Å². The molecule has 150 valence electrons. The molecule has 0 saturated carbocycles. The van der Waals surface area contributed by atoms with Gasteiger partial charge in [-0.15, -0.1) is 5.10 Å². The van der Waals surface area contributed by atoms with Gasteiger partial charge >= 0.3 is 5.76 Å². The number of nitrogens with one attached hydrogen (secondary N) is 2. The number of hydrogen-bond acceptors (Lipinski definition) is 8. The van der Waals surface area contributed by atoms with E-state index in [1.807, 2.05) is 13.8 Å². The summed E-state index contributed by atoms with van der Waals surface area (Å²) in [5.41, 5.74) is 3.08. The Morgan fingerprint density at radius 1 is 1.39 bits per heavy atom. The maximum atomic E-state index is 11.2. The van der Waals surface area contributed by atoms with E-state index in [2.05, 4.69) is 25.2 Å². The third kappa shape index (κ3) is 5.86. The Kier molecular flexibility index (Phi) is 7.65. The summed E-state index contributed by atoms with van der Waals surface area (Å²) in [5.74, 6) is 0.0818. The van der Waals surface area contributed by atoms with E-state index in [0.29, 0.717) is 11.3 Å². The predicted octanol–water partition coefficient (Wildman–Crippen LogP) is 2.94. The SMILES string of the molecule is CN/N=C(\C=C(/C=O)C(C)C)Oc1c(Cl)cc(OCc2noc(=O)[nH]2)cc1Cl. The van der Waals surface area contributed by atoms with Crippen LogP contribution in [0.4, 0.5) is 0 Å². The van der Waals surface area contributed by atoms with Gasteiger partial charge in [0.1, 0.15) is 18.6 Å². The molecule has 0 unspecified atom stereocenters. The molecule has 0 aliphatic rings. The Labute approximate surface area is 170 Å². The van der Waals surface area contributed by atoms with Crippen molar-refractivity contribution in [2.45, 2.75) is 20.5 Å². The lowest BCUT2D eigenvalue weighted by Gasteiger charge is -2.13. The first-order valence-electron chi connectivity index (χ1n) is 8.09. The van der Waals surface area contributed by atoms with Crippen molar-refractivity contribution in [3.05, 3.63) is 50.2 Å². The van der Waals surface area contributed by atoms with Gasteiger partial charge in [-0.2, -0.15) is 0 Å². The number of halogens is 2. The van der Waals surface area contributed by atoms with Gasteiger partial charge in [-0.1, -0.05) is 42.2 Å². The van der Waals surface area contributed by atoms with Gasteiger partial charge in [0.2, 0.25) is 5.90 Å². The molecule has 1 aromatic heterocycles. The van der Waals surface area contributed by atoms with Gasteiger partial charge < -0.3 is 14.9 Å². The number of rotatable bonds is 8. The molecule has 0 radical (unpaired) electrons. The maximum absolute atomic E-state index is 11.2. The largest absolute Gasteiger partial charge is 0.485 e. The van der Waals surface area contributed by atoms with Crippen molar-refractivity contribution in [3.8, 4) is 11.5 Å². The van der Waals surface area contributed by atoms with E-state index in [4.69, 9.17) is 32.7 Å². The molecule has 2 N–H and O–H groups in total. The first-order chi connectivity index (χ1) is 13.3. The zero-order valence-corrected chi connectivity index (χ0v) is 16.8. The molecule has 1 heterocycles. The van der Waals surface area contributed by atoms with Crippen LogP contribution in [0.2, 0.25) is 10.0 Å². The number of hydrogen-bond donors (Lipinski definition) is 2. The Balaban J connectivity index is 2.21. The molecule has 0 atom stereocenters. The van der Waals surface area contributed by atoms with Crippen LogP contribution in [0.3, 0.4) is 0 Å². The lowest BCUT2D eigenvalue weighted by Crippen LogP contribution is -2.13. The molecular formula is C17H18Cl2N4O5. The van der Waals surface area contributed by atoms with E-state index < -0.39 is 5.76 Å². The fraction of sp³-hybridized carbons (Fsp3) is 0.294. The second-order valence-corrected chi connectivity index (χ2v) is 6.55. The summed E-state index contributed by atoms with van der Waals surface area (Å²) in [7, 11) is 1.58. The molecular weight excluding hydrogens is 411 g/mol. The number of aromatic amines is 1. The van der Waals surface area contributed by atoms with E-state index in [-0.39, 0.29) is 40.0 Å². The highest BCUT2D eigenvalue weighted by molar-refractivity contribution is 6.37. The van der Waals surface area contributed by atoms with Gasteiger partial charge in [0.25, 0.3) is 0 Å². The van der Waals surface area contributed by atoms with Crippen LogP contribution in [0, 0.1) is 5.92 Å². The van der Waals surface area contributed by atoms with Gasteiger partial charge in [0.05, 0.1) is 10.0 Å². The predicted molar refractivity (Wildman–Crippen MR) is 104 cm³/mol. The third-order valence-corrected chi connectivity index (χ3v) is 3.92. The van der Waals surface area contributed by atoms with Crippen molar-refractivity contribution in [1.82, 2.24) is 15.6 Å². The van der Waals surface area contributed by atoms with E-state index in [1.54, 1.807) is 7.05 Å². The number of carbonyl (C=O) groups is 1. The van der Waals surface area contributed by atoms with Gasteiger partial charge in [-0.3, -0.25) is 14.3 Å². The van der Waals surface area contributed by atoms with E-state index in [9.17, 15) is 9.59 Å². The van der Waals surface area contributed by atoms with Crippen LogP contribution in [-0.4, -0.2) is 29.4 Å². The summed E-state index contributed by atoms with van der Waals surface area (Å²) in [6.07, 6.45) is 2.22. The summed E-state index contributed by atoms with van der Waals surface area (Å²) in [4.78, 5) is 24.5. The molecule has 0 fully saturated rings. The lowest BCUT2D eigenvalue weighted by atomic mass is 10.0. The van der Waals surface area contributed by atoms with Gasteiger partial charge in [-0.05, 0) is 11.5 Å². The number of hydrazone groups is 1. The Bertz CT molecular complexity index is 926. The summed E-state index contributed by atoms with van der Waals surface area (Å²) in [5, 5.41) is 7.78. The molecule has 0 amide bonds. The number of allylic oxidation sites excluding steroid dienone is 1. The van der Waals surface area contributed by atoms with Crippen LogP contribution >= 0.6 is 23.2 Å². The van der Waals surface area contributed by atoms with E-state index >= 15 is 0 Å². The first-order valence-corrected chi connectivity index (χ1v) is 8.85. The summed E-state index contributed by atoms with van der Waals surface area (Å²) in [6, 6.07) is 2.95. The molecule has 0 bridgehead atoms. The number of carbonyl (C=O) groups excluding carboxylic acids is 1. The van der Waals surface area contributed by atoms with Crippen molar-refractivity contribution in [2.75, 3.05) is 7.05 Å². The topological polar surface area (TPSA) is 119 Å². The van der Waals surface area contributed by atoms with Gasteiger partial charge in [-0.25, -0.2) is 4.79 Å². The molecule has 9 nitrogen and oxygen atoms in total. The highest BCUT2D eigenvalue weighted by Crippen LogP contribution is 2.37. The van der Waals surface area contributed by atoms with Crippen molar-refractivity contribution in [1.29, 1.82) is 0 Å². The minimum absolute atomic E-state index is 0.0205. The number of aldehydes is 1. The number of H-pyrrole nitrogens is 1. The molecule has 1 aromatic carbocycles. The van der Waals surface area contributed by atoms with Crippen LogP contribution in [0.5, 0.6) is 11.5 Å². The molecule has 2 rings (SSSR count). The second-order valence-electron chi connectivity index (χ2n) is 5.74. The minimum Gasteiger partial charge on any atom is -0.485 e. The fourth-order valence-corrected chi connectivity index (χ4v) is 2.51. The second kappa shape index (κ2) is 9.95. The van der Waals surface area contributed by atoms with Gasteiger partial charge in [0.15, 0.2) is 11.6 Å². The molecule has 0 aliphatic carbocycles. The molecule has 0 aliphatic heterocycles. The van der Waals surface area contributed by atoms with Crippen molar-refractivity contribution in [2.24, 2.45) is 11.0 Å². The maximum Gasteiger partial charge on any atom is 0.439 e. The minimum atomic E-state index is -0.682. The standard InChI is InChI=1S/C17H18Cl2N4O5/c1-9(2)10(7-24)4-15(22-20-3)27-16-12(18)5-11(6-13(16)19)26-8-14-21-17(25)28-23-14/h4-7,9,20H,8H2,1-3H3,(H,21,23,25)/b10-4+,22-15+. The average molecular weight is 429 g/mol. The average Bonchev–Trinajstić information content (AvgIpc) is 3.05. The lowest BCUT2D eigenvalue weighted by molar-refractivity contribution is -0.105. The van der Waals surface area contributed by atoms with Crippen LogP contribution < -0.4 is 20.7 Å². The van der Waals surface area contributed by atoms with Crippen LogP contribution in [0.1, 0.15) is 19.7 Å². The molecule has 0 saturated heterocycles. The summed E-state index contributed by atoms with van der Waals surface area (Å²) < 4.78 is 15.5. The molecule has 0 spiro atoms. The summed E-state index contributed by atoms with van der Waals surface area (Å²) in [6.45, 7) is 3.68. The first kappa shape index (κ1) is 21.5. The molecule has 11 heteroatoms. The van der Waals surface area contributed by atoms with Crippen LogP contribution in [-0.2, 0) is 11.4 Å². The monoisotopic (exact) mass is 428 g/mol. The Morgan fingerprint density at radius 3 is 2.57 bits per heavy atom. The quantitative estimate of drug-likeness (QED) is 0.218. The third-order valence-electron chi connectivity index (χ3n) is 3.35. The zero-order chi connectivity index (χ0) is 20.7. The number of benzene rings is 1. The summed E-state index contributed by atoms with van der Waals surface area (Å²) >= 11 is 12.5. The zero-order valence-electron chi connectivity index (χ0n) is 15.3. The Hall–Kier alpha value is -2.78. The van der Waals surface area contributed by atoms with Gasteiger partial charge in [0, 0.05) is 25.3 Å². The smallest absolute Gasteiger partial charge is 0.439 e. The van der Waals surface area contributed by atoms with Crippen molar-refractivity contribution in [3.63, 3.8) is 0 Å². The number of aromatic nitrogens is 2. The highest BCUT2D eigenvalue weighted by Gasteiger charge is 2.15. The van der Waals surface area contributed by atoms with E-state index in [1.165, 1.54) is 18.2 Å². The highest BCUT2D eigenvalue weighted by atomic mass is 35.5. The van der Waals surface area contributed by atoms with Crippen LogP contribution in [0.15, 0.2) is 38.2 Å². The fourth-order valence-electron chi connectivity index (χ4n) is 1.97. The number of ether oxygens (including phenoxy) is 2. The Morgan fingerprint density at radius 2 is 2.07 bits per heavy atom. The van der Waals surface area contributed by atoms with Crippen molar-refractivity contribution >= 4 is 35.4 Å². The molecule has 28 heavy (non-hydrogen) atoms.